The molecule has 2 rings (SSSR count). The van der Waals surface area contributed by atoms with E-state index in [1.54, 1.807) is 11.8 Å². The fourth-order valence-electron chi connectivity index (χ4n) is 1.96. The van der Waals surface area contributed by atoms with Crippen LogP contribution in [-0.2, 0) is 14.4 Å². The molecule has 1 aliphatic rings. The molecule has 0 bridgehead atoms. The number of likely N-dealkylation sites (N-methyl/N-ethyl adjacent to an activating group) is 1. The molecule has 8 heteroatoms. The molecule has 0 radical (unpaired) electrons. The maximum atomic E-state index is 11.7. The number of urea groups is 1. The molecule has 5 amide bonds. The van der Waals surface area contributed by atoms with Crippen LogP contribution in [0.3, 0.4) is 0 Å². The third-order valence-corrected chi connectivity index (χ3v) is 4.31. The molecule has 0 saturated carbocycles. The summed E-state index contributed by atoms with van der Waals surface area (Å²) in [5, 5.41) is 2.64. The Morgan fingerprint density at radius 3 is 2.43 bits per heavy atom. The molecule has 0 spiro atoms. The van der Waals surface area contributed by atoms with E-state index in [9.17, 15) is 19.2 Å². The molecule has 1 aromatic rings. The highest BCUT2D eigenvalue weighted by Crippen LogP contribution is 2.17. The maximum absolute atomic E-state index is 11.7. The van der Waals surface area contributed by atoms with E-state index in [1.807, 2.05) is 30.3 Å². The van der Waals surface area contributed by atoms with Gasteiger partial charge in [0.2, 0.25) is 5.91 Å². The van der Waals surface area contributed by atoms with Crippen LogP contribution in [0.25, 0.3) is 0 Å². The summed E-state index contributed by atoms with van der Waals surface area (Å²) in [5.74, 6) is -1.50. The van der Waals surface area contributed by atoms with Gasteiger partial charge >= 0.3 is 17.8 Å². The molecule has 7 nitrogen and oxygen atoms in total. The number of thioether (sulfide) groups is 1. The van der Waals surface area contributed by atoms with Crippen molar-refractivity contribution in [2.45, 2.75) is 11.3 Å². The van der Waals surface area contributed by atoms with E-state index in [-0.39, 0.29) is 0 Å². The lowest BCUT2D eigenvalue weighted by Crippen LogP contribution is -2.41. The number of carbonyl (C=O) groups excluding carboxylic acids is 4. The van der Waals surface area contributed by atoms with Crippen molar-refractivity contribution in [3.05, 3.63) is 30.3 Å². The van der Waals surface area contributed by atoms with Gasteiger partial charge in [0.15, 0.2) is 0 Å². The third kappa shape index (κ3) is 4.32. The van der Waals surface area contributed by atoms with Gasteiger partial charge in [-0.3, -0.25) is 19.3 Å². The molecule has 1 heterocycles. The van der Waals surface area contributed by atoms with E-state index in [1.165, 1.54) is 7.05 Å². The summed E-state index contributed by atoms with van der Waals surface area (Å²) in [7, 11) is 1.21. The van der Waals surface area contributed by atoms with Crippen molar-refractivity contribution in [1.29, 1.82) is 0 Å². The van der Waals surface area contributed by atoms with Gasteiger partial charge in [0.25, 0.3) is 0 Å². The molecule has 122 valence electrons. The smallest absolute Gasteiger partial charge is 0.334 e. The van der Waals surface area contributed by atoms with Gasteiger partial charge in [-0.1, -0.05) is 18.2 Å². The van der Waals surface area contributed by atoms with E-state index < -0.39 is 30.3 Å². The Morgan fingerprint density at radius 2 is 1.83 bits per heavy atom. The Bertz CT molecular complexity index is 620. The third-order valence-electron chi connectivity index (χ3n) is 3.21. The Morgan fingerprint density at radius 1 is 1.13 bits per heavy atom. The number of amides is 5. The Labute approximate surface area is 138 Å². The average molecular weight is 335 g/mol. The molecular weight excluding hydrogens is 318 g/mol. The Balaban J connectivity index is 1.67. The lowest BCUT2D eigenvalue weighted by atomic mass is 10.4. The fourth-order valence-corrected chi connectivity index (χ4v) is 2.83. The number of benzene rings is 1. The highest BCUT2D eigenvalue weighted by Gasteiger charge is 2.42. The molecule has 1 aromatic carbocycles. The largest absolute Gasteiger partial charge is 0.355 e. The minimum Gasteiger partial charge on any atom is -0.355 e. The van der Waals surface area contributed by atoms with Gasteiger partial charge in [0.05, 0.1) is 0 Å². The van der Waals surface area contributed by atoms with Crippen molar-refractivity contribution >= 4 is 35.5 Å². The summed E-state index contributed by atoms with van der Waals surface area (Å²) in [6.07, 6.45) is 0.756. The molecule has 0 unspecified atom stereocenters. The number of carbonyl (C=O) groups is 4. The van der Waals surface area contributed by atoms with E-state index >= 15 is 0 Å². The predicted octanol–water partition coefficient (Wildman–Crippen LogP) is 0.706. The molecule has 1 fully saturated rings. The fraction of sp³-hybridized carbons (Fsp3) is 0.333. The summed E-state index contributed by atoms with van der Waals surface area (Å²) in [6, 6.07) is 9.14. The zero-order valence-electron chi connectivity index (χ0n) is 12.7. The minimum absolute atomic E-state index is 0.431. The first-order valence-electron chi connectivity index (χ1n) is 7.08. The van der Waals surface area contributed by atoms with Gasteiger partial charge in [-0.05, 0) is 24.3 Å². The molecule has 0 atom stereocenters. The second-order valence-corrected chi connectivity index (χ2v) is 6.07. The monoisotopic (exact) mass is 335 g/mol. The van der Waals surface area contributed by atoms with Crippen molar-refractivity contribution in [1.82, 2.24) is 15.1 Å². The second-order valence-electron chi connectivity index (χ2n) is 4.90. The van der Waals surface area contributed by atoms with Crippen molar-refractivity contribution in [3.8, 4) is 0 Å². The Kier molecular flexibility index (Phi) is 5.75. The van der Waals surface area contributed by atoms with Crippen molar-refractivity contribution in [2.75, 3.05) is 25.9 Å². The molecule has 0 aromatic heterocycles. The van der Waals surface area contributed by atoms with Crippen molar-refractivity contribution < 1.29 is 19.2 Å². The number of nitrogens with one attached hydrogen (secondary N) is 1. The first-order valence-corrected chi connectivity index (χ1v) is 8.07. The zero-order chi connectivity index (χ0) is 16.8. The summed E-state index contributed by atoms with van der Waals surface area (Å²) in [4.78, 5) is 48.7. The van der Waals surface area contributed by atoms with Crippen LogP contribution in [0, 0.1) is 0 Å². The molecular formula is C15H17N3O4S. The predicted molar refractivity (Wildman–Crippen MR) is 84.7 cm³/mol. The van der Waals surface area contributed by atoms with Crippen LogP contribution in [-0.4, -0.2) is 59.4 Å². The number of nitrogens with zero attached hydrogens (tertiary/aromatic N) is 2. The number of hydrogen-bond donors (Lipinski definition) is 1. The second kappa shape index (κ2) is 7.77. The summed E-state index contributed by atoms with van der Waals surface area (Å²) in [6.45, 7) is 0.0122. The van der Waals surface area contributed by atoms with E-state index in [2.05, 4.69) is 5.32 Å². The van der Waals surface area contributed by atoms with Crippen LogP contribution in [0.1, 0.15) is 6.42 Å². The van der Waals surface area contributed by atoms with Crippen LogP contribution < -0.4 is 5.32 Å². The molecule has 1 aliphatic heterocycles. The zero-order valence-corrected chi connectivity index (χ0v) is 13.5. The van der Waals surface area contributed by atoms with Crippen LogP contribution in [0.5, 0.6) is 0 Å². The highest BCUT2D eigenvalue weighted by atomic mass is 32.2. The van der Waals surface area contributed by atoms with Crippen LogP contribution in [0.2, 0.25) is 0 Å². The van der Waals surface area contributed by atoms with E-state index in [4.69, 9.17) is 0 Å². The normalized spacial score (nSPS) is 14.6. The number of hydrogen-bond acceptors (Lipinski definition) is 5. The summed E-state index contributed by atoms with van der Waals surface area (Å²) >= 11 is 1.69. The quantitative estimate of drug-likeness (QED) is 0.343. The molecule has 1 saturated heterocycles. The lowest BCUT2D eigenvalue weighted by molar-refractivity contribution is -0.143. The van der Waals surface area contributed by atoms with Gasteiger partial charge in [-0.25, -0.2) is 9.69 Å². The first-order chi connectivity index (χ1) is 11.0. The average Bonchev–Trinajstić information content (AvgIpc) is 2.73. The van der Waals surface area contributed by atoms with E-state index in [0.29, 0.717) is 16.3 Å². The maximum Gasteiger partial charge on any atom is 0.334 e. The van der Waals surface area contributed by atoms with Crippen LogP contribution >= 0.6 is 11.8 Å². The van der Waals surface area contributed by atoms with Crippen molar-refractivity contribution in [2.24, 2.45) is 0 Å². The van der Waals surface area contributed by atoms with Gasteiger partial charge < -0.3 is 5.32 Å². The standard InChI is InChI=1S/C15H17N3O4S/c1-17-13(20)14(21)18(15(17)22)10-12(19)16-8-5-9-23-11-6-3-2-4-7-11/h2-4,6-7H,5,8-10H2,1H3,(H,16,19). The van der Waals surface area contributed by atoms with Gasteiger partial charge in [-0.15, -0.1) is 11.8 Å². The van der Waals surface area contributed by atoms with Crippen LogP contribution in [0.4, 0.5) is 4.79 Å². The van der Waals surface area contributed by atoms with Crippen LogP contribution in [0.15, 0.2) is 35.2 Å². The number of imide groups is 2. The molecule has 0 aliphatic carbocycles. The molecule has 1 N–H and O–H groups in total. The first kappa shape index (κ1) is 17.0. The minimum atomic E-state index is -0.965. The van der Waals surface area contributed by atoms with Gasteiger partial charge in [0.1, 0.15) is 6.54 Å². The topological polar surface area (TPSA) is 86.8 Å². The summed E-state index contributed by atoms with van der Waals surface area (Å²) in [5.41, 5.74) is 0. The summed E-state index contributed by atoms with van der Waals surface area (Å²) < 4.78 is 0. The molecule has 23 heavy (non-hydrogen) atoms. The van der Waals surface area contributed by atoms with Gasteiger partial charge in [0, 0.05) is 18.5 Å². The number of rotatable bonds is 7. The highest BCUT2D eigenvalue weighted by molar-refractivity contribution is 7.99. The van der Waals surface area contributed by atoms with Gasteiger partial charge in [-0.2, -0.15) is 0 Å². The van der Waals surface area contributed by atoms with E-state index in [0.717, 1.165) is 17.1 Å². The van der Waals surface area contributed by atoms with Crippen molar-refractivity contribution in [3.63, 3.8) is 0 Å². The SMILES string of the molecule is CN1C(=O)C(=O)N(CC(=O)NCCCSc2ccccc2)C1=O. The lowest BCUT2D eigenvalue weighted by Gasteiger charge is -2.12. The Hall–Kier alpha value is -2.35.